The minimum Gasteiger partial charge on any atom is -0.481 e. The Kier molecular flexibility index (Phi) is 4.15. The zero-order valence-electron chi connectivity index (χ0n) is 10.4. The third kappa shape index (κ3) is 3.11. The summed E-state index contributed by atoms with van der Waals surface area (Å²) in [7, 11) is 1.56. The van der Waals surface area contributed by atoms with Gasteiger partial charge >= 0.3 is 5.97 Å². The lowest BCUT2D eigenvalue weighted by atomic mass is 10.2. The van der Waals surface area contributed by atoms with Crippen molar-refractivity contribution in [3.63, 3.8) is 0 Å². The fourth-order valence-electron chi connectivity index (χ4n) is 1.72. The number of carbonyl (C=O) groups is 1. The van der Waals surface area contributed by atoms with E-state index in [1.165, 1.54) is 12.3 Å². The van der Waals surface area contributed by atoms with Crippen LogP contribution in [0.25, 0.3) is 0 Å². The molecule has 2 rings (SSSR count). The van der Waals surface area contributed by atoms with Gasteiger partial charge in [0.05, 0.1) is 19.9 Å². The molecule has 2 aromatic rings. The number of carboxylic acid groups (broad SMARTS) is 1. The maximum absolute atomic E-state index is 10.9. The molecule has 0 amide bonds. The Labute approximate surface area is 110 Å². The van der Waals surface area contributed by atoms with Gasteiger partial charge in [0.25, 0.3) is 0 Å². The number of ether oxygens (including phenoxy) is 1. The minimum absolute atomic E-state index is 0.172. The van der Waals surface area contributed by atoms with Gasteiger partial charge in [-0.1, -0.05) is 6.07 Å². The molecule has 19 heavy (non-hydrogen) atoms. The topological polar surface area (TPSA) is 84.6 Å². The normalized spacial score (nSPS) is 10.4. The number of carboxylic acids is 1. The summed E-state index contributed by atoms with van der Waals surface area (Å²) in [6.45, 7) is 0.837. The second kappa shape index (κ2) is 6.01. The van der Waals surface area contributed by atoms with E-state index in [1.54, 1.807) is 13.3 Å². The monoisotopic (exact) mass is 262 g/mol. The van der Waals surface area contributed by atoms with Crippen molar-refractivity contribution < 1.29 is 19.1 Å². The summed E-state index contributed by atoms with van der Waals surface area (Å²) in [4.78, 5) is 15.0. The molecule has 6 nitrogen and oxygen atoms in total. The van der Waals surface area contributed by atoms with Gasteiger partial charge in [-0.2, -0.15) is 0 Å². The molecule has 0 aliphatic rings. The van der Waals surface area contributed by atoms with Gasteiger partial charge in [0.2, 0.25) is 5.88 Å². The van der Waals surface area contributed by atoms with Gasteiger partial charge in [0, 0.05) is 18.3 Å². The molecule has 100 valence electrons. The number of nitrogens with zero attached hydrogens (tertiary/aromatic N) is 1. The second-order valence-electron chi connectivity index (χ2n) is 3.84. The molecule has 0 saturated carbocycles. The van der Waals surface area contributed by atoms with Gasteiger partial charge < -0.3 is 19.6 Å². The molecule has 0 aromatic carbocycles. The van der Waals surface area contributed by atoms with Crippen LogP contribution in [0, 0.1) is 0 Å². The standard InChI is InChI=1S/C13H14N2O4/c1-18-12-9(3-2-5-15-12)7-14-8-11-10(13(16)17)4-6-19-11/h2-6,14H,7-8H2,1H3,(H,16,17). The van der Waals surface area contributed by atoms with Crippen LogP contribution in [0.15, 0.2) is 35.1 Å². The molecular formula is C13H14N2O4. The Hall–Kier alpha value is -2.34. The number of aromatic nitrogens is 1. The fourth-order valence-corrected chi connectivity index (χ4v) is 1.72. The summed E-state index contributed by atoms with van der Waals surface area (Å²) in [5.41, 5.74) is 1.07. The van der Waals surface area contributed by atoms with Crippen LogP contribution in [0.1, 0.15) is 21.7 Å². The number of nitrogens with one attached hydrogen (secondary N) is 1. The predicted octanol–water partition coefficient (Wildman–Crippen LogP) is 1.67. The van der Waals surface area contributed by atoms with Gasteiger partial charge in [-0.05, 0) is 12.1 Å². The summed E-state index contributed by atoms with van der Waals surface area (Å²) < 4.78 is 10.3. The summed E-state index contributed by atoms with van der Waals surface area (Å²) in [5, 5.41) is 12.0. The largest absolute Gasteiger partial charge is 0.481 e. The predicted molar refractivity (Wildman–Crippen MR) is 67.0 cm³/mol. The molecule has 2 heterocycles. The van der Waals surface area contributed by atoms with Crippen molar-refractivity contribution >= 4 is 5.97 Å². The first-order valence-electron chi connectivity index (χ1n) is 5.70. The summed E-state index contributed by atoms with van der Waals surface area (Å²) in [5.74, 6) is -0.0484. The first-order valence-corrected chi connectivity index (χ1v) is 5.70. The molecule has 0 aliphatic carbocycles. The van der Waals surface area contributed by atoms with Crippen LogP contribution >= 0.6 is 0 Å². The minimum atomic E-state index is -0.996. The zero-order valence-corrected chi connectivity index (χ0v) is 10.4. The van der Waals surface area contributed by atoms with E-state index in [1.807, 2.05) is 12.1 Å². The third-order valence-corrected chi connectivity index (χ3v) is 2.62. The van der Waals surface area contributed by atoms with Crippen molar-refractivity contribution in [3.8, 4) is 5.88 Å². The first-order chi connectivity index (χ1) is 9.22. The van der Waals surface area contributed by atoms with Gasteiger partial charge in [-0.3, -0.25) is 0 Å². The average molecular weight is 262 g/mol. The Balaban J connectivity index is 1.96. The molecule has 0 radical (unpaired) electrons. The summed E-state index contributed by atoms with van der Waals surface area (Å²) in [6, 6.07) is 5.14. The smallest absolute Gasteiger partial charge is 0.339 e. The van der Waals surface area contributed by atoms with Gasteiger partial charge in [0.1, 0.15) is 11.3 Å². The summed E-state index contributed by atoms with van der Waals surface area (Å²) >= 11 is 0. The molecule has 0 unspecified atom stereocenters. The maximum Gasteiger partial charge on any atom is 0.339 e. The Morgan fingerprint density at radius 1 is 1.47 bits per heavy atom. The number of pyridine rings is 1. The average Bonchev–Trinajstić information content (AvgIpc) is 2.88. The third-order valence-electron chi connectivity index (χ3n) is 2.62. The molecule has 0 saturated heterocycles. The van der Waals surface area contributed by atoms with E-state index in [-0.39, 0.29) is 5.56 Å². The number of hydrogen-bond acceptors (Lipinski definition) is 5. The lowest BCUT2D eigenvalue weighted by Crippen LogP contribution is -2.15. The van der Waals surface area contributed by atoms with Crippen molar-refractivity contribution in [2.24, 2.45) is 0 Å². The Morgan fingerprint density at radius 3 is 3.05 bits per heavy atom. The van der Waals surface area contributed by atoms with E-state index in [0.29, 0.717) is 24.7 Å². The zero-order chi connectivity index (χ0) is 13.7. The highest BCUT2D eigenvalue weighted by Crippen LogP contribution is 2.14. The maximum atomic E-state index is 10.9. The molecule has 0 aliphatic heterocycles. The number of rotatable bonds is 6. The molecule has 0 atom stereocenters. The number of furan rings is 1. The van der Waals surface area contributed by atoms with Crippen molar-refractivity contribution in [2.75, 3.05) is 7.11 Å². The second-order valence-corrected chi connectivity index (χ2v) is 3.84. The van der Waals surface area contributed by atoms with E-state index in [9.17, 15) is 4.79 Å². The highest BCUT2D eigenvalue weighted by molar-refractivity contribution is 5.88. The lowest BCUT2D eigenvalue weighted by molar-refractivity contribution is 0.0694. The number of methoxy groups -OCH3 is 1. The molecule has 0 bridgehead atoms. The van der Waals surface area contributed by atoms with Crippen LogP contribution in [0.2, 0.25) is 0 Å². The molecular weight excluding hydrogens is 248 g/mol. The van der Waals surface area contributed by atoms with Crippen LogP contribution in [0.3, 0.4) is 0 Å². The number of hydrogen-bond donors (Lipinski definition) is 2. The molecule has 6 heteroatoms. The van der Waals surface area contributed by atoms with Crippen LogP contribution in [-0.2, 0) is 13.1 Å². The van der Waals surface area contributed by atoms with Gasteiger partial charge in [0.15, 0.2) is 0 Å². The van der Waals surface area contributed by atoms with Crippen LogP contribution in [-0.4, -0.2) is 23.2 Å². The highest BCUT2D eigenvalue weighted by Gasteiger charge is 2.12. The fraction of sp³-hybridized carbons (Fsp3) is 0.231. The van der Waals surface area contributed by atoms with Crippen LogP contribution in [0.5, 0.6) is 5.88 Å². The quantitative estimate of drug-likeness (QED) is 0.823. The van der Waals surface area contributed by atoms with E-state index in [4.69, 9.17) is 14.3 Å². The van der Waals surface area contributed by atoms with Crippen molar-refractivity contribution in [2.45, 2.75) is 13.1 Å². The van der Waals surface area contributed by atoms with Gasteiger partial charge in [-0.25, -0.2) is 9.78 Å². The highest BCUT2D eigenvalue weighted by atomic mass is 16.5. The van der Waals surface area contributed by atoms with E-state index in [2.05, 4.69) is 10.3 Å². The molecule has 0 fully saturated rings. The molecule has 2 aromatic heterocycles. The van der Waals surface area contributed by atoms with E-state index >= 15 is 0 Å². The Bertz CT molecular complexity index is 565. The van der Waals surface area contributed by atoms with E-state index < -0.39 is 5.97 Å². The molecule has 2 N–H and O–H groups in total. The van der Waals surface area contributed by atoms with Crippen LogP contribution < -0.4 is 10.1 Å². The van der Waals surface area contributed by atoms with Crippen molar-refractivity contribution in [1.29, 1.82) is 0 Å². The van der Waals surface area contributed by atoms with Gasteiger partial charge in [-0.15, -0.1) is 0 Å². The van der Waals surface area contributed by atoms with E-state index in [0.717, 1.165) is 5.56 Å². The Morgan fingerprint density at radius 2 is 2.32 bits per heavy atom. The SMILES string of the molecule is COc1ncccc1CNCc1occc1C(=O)O. The van der Waals surface area contributed by atoms with Crippen molar-refractivity contribution in [3.05, 3.63) is 47.5 Å². The van der Waals surface area contributed by atoms with Crippen LogP contribution in [0.4, 0.5) is 0 Å². The molecule has 0 spiro atoms. The first kappa shape index (κ1) is 13.1. The summed E-state index contributed by atoms with van der Waals surface area (Å²) in [6.07, 6.45) is 3.02. The van der Waals surface area contributed by atoms with Crippen molar-refractivity contribution in [1.82, 2.24) is 10.3 Å². The number of aromatic carboxylic acids is 1. The lowest BCUT2D eigenvalue weighted by Gasteiger charge is -2.07.